The Hall–Kier alpha value is -1.35. The molecule has 0 fully saturated rings. The highest BCUT2D eigenvalue weighted by Crippen LogP contribution is 2.32. The Bertz CT molecular complexity index is 466. The highest BCUT2D eigenvalue weighted by Gasteiger charge is 2.32. The van der Waals surface area contributed by atoms with Gasteiger partial charge in [-0.2, -0.15) is 0 Å². The summed E-state index contributed by atoms with van der Waals surface area (Å²) < 4.78 is 0. The third-order valence-corrected chi connectivity index (χ3v) is 4.23. The van der Waals surface area contributed by atoms with Crippen molar-refractivity contribution in [3.8, 4) is 0 Å². The van der Waals surface area contributed by atoms with Crippen molar-refractivity contribution in [3.63, 3.8) is 0 Å². The van der Waals surface area contributed by atoms with Crippen LogP contribution in [-0.4, -0.2) is 16.6 Å². The van der Waals surface area contributed by atoms with Crippen LogP contribution in [0.4, 0.5) is 0 Å². The lowest BCUT2D eigenvalue weighted by Crippen LogP contribution is -2.46. The van der Waals surface area contributed by atoms with Gasteiger partial charge < -0.3 is 10.8 Å². The minimum absolute atomic E-state index is 0.214. The van der Waals surface area contributed by atoms with Gasteiger partial charge in [-0.3, -0.25) is 4.79 Å². The van der Waals surface area contributed by atoms with Gasteiger partial charge in [-0.15, -0.1) is 0 Å². The first-order valence-corrected chi connectivity index (χ1v) is 6.75. The molecule has 0 radical (unpaired) electrons. The summed E-state index contributed by atoms with van der Waals surface area (Å²) in [5, 5.41) is 9.12. The zero-order valence-electron chi connectivity index (χ0n) is 12.5. The van der Waals surface area contributed by atoms with Gasteiger partial charge in [0.05, 0.1) is 0 Å². The third kappa shape index (κ3) is 3.57. The second-order valence-corrected chi connectivity index (χ2v) is 5.98. The van der Waals surface area contributed by atoms with Crippen molar-refractivity contribution < 1.29 is 9.90 Å². The molecule has 3 atom stereocenters. The Morgan fingerprint density at radius 3 is 2.47 bits per heavy atom. The summed E-state index contributed by atoms with van der Waals surface area (Å²) in [6, 6.07) is 6.28. The lowest BCUT2D eigenvalue weighted by molar-refractivity contribution is -0.143. The molecule has 0 aliphatic heterocycles. The molecule has 1 rings (SSSR count). The van der Waals surface area contributed by atoms with Gasteiger partial charge in [-0.25, -0.2) is 0 Å². The molecule has 0 bridgehead atoms. The maximum atomic E-state index is 11.1. The predicted molar refractivity (Wildman–Crippen MR) is 78.3 cm³/mol. The molecule has 0 saturated heterocycles. The minimum atomic E-state index is -1.16. The van der Waals surface area contributed by atoms with Crippen LogP contribution in [0.15, 0.2) is 18.2 Å². The van der Waals surface area contributed by atoms with E-state index in [0.29, 0.717) is 12.3 Å². The van der Waals surface area contributed by atoms with E-state index in [2.05, 4.69) is 45.9 Å². The van der Waals surface area contributed by atoms with Crippen molar-refractivity contribution in [2.24, 2.45) is 11.7 Å². The van der Waals surface area contributed by atoms with Crippen LogP contribution in [0.3, 0.4) is 0 Å². The number of rotatable bonds is 5. The van der Waals surface area contributed by atoms with Crippen molar-refractivity contribution >= 4 is 5.97 Å². The van der Waals surface area contributed by atoms with E-state index in [9.17, 15) is 4.79 Å². The average Bonchev–Trinajstić information content (AvgIpc) is 2.31. The summed E-state index contributed by atoms with van der Waals surface area (Å²) in [5.41, 5.74) is 8.53. The highest BCUT2D eigenvalue weighted by atomic mass is 16.4. The van der Waals surface area contributed by atoms with E-state index in [1.165, 1.54) is 16.7 Å². The van der Waals surface area contributed by atoms with Gasteiger partial charge in [0.25, 0.3) is 0 Å². The van der Waals surface area contributed by atoms with E-state index in [1.807, 2.05) is 0 Å². The normalized spacial score (nSPS) is 17.6. The van der Waals surface area contributed by atoms with Gasteiger partial charge >= 0.3 is 5.97 Å². The van der Waals surface area contributed by atoms with Gasteiger partial charge in [0.1, 0.15) is 5.54 Å². The van der Waals surface area contributed by atoms with Crippen LogP contribution in [-0.2, 0) is 4.79 Å². The Balaban J connectivity index is 2.91. The summed E-state index contributed by atoms with van der Waals surface area (Å²) in [5.74, 6) is -0.429. The minimum Gasteiger partial charge on any atom is -0.480 e. The quantitative estimate of drug-likeness (QED) is 0.857. The molecular weight excluding hydrogens is 238 g/mol. The van der Waals surface area contributed by atoms with Gasteiger partial charge in [-0.05, 0) is 55.7 Å². The Morgan fingerprint density at radius 1 is 1.37 bits per heavy atom. The average molecular weight is 263 g/mol. The fourth-order valence-corrected chi connectivity index (χ4v) is 2.51. The van der Waals surface area contributed by atoms with Crippen LogP contribution in [0.1, 0.15) is 49.8 Å². The van der Waals surface area contributed by atoms with Crippen molar-refractivity contribution in [2.75, 3.05) is 0 Å². The second kappa shape index (κ2) is 5.74. The largest absolute Gasteiger partial charge is 0.480 e. The first-order chi connectivity index (χ1) is 8.66. The van der Waals surface area contributed by atoms with Crippen LogP contribution >= 0.6 is 0 Å². The predicted octanol–water partition coefficient (Wildman–Crippen LogP) is 3.24. The van der Waals surface area contributed by atoms with E-state index in [1.54, 1.807) is 6.92 Å². The molecule has 0 aliphatic rings. The maximum absolute atomic E-state index is 11.1. The van der Waals surface area contributed by atoms with Crippen LogP contribution in [0.2, 0.25) is 0 Å². The number of carboxylic acid groups (broad SMARTS) is 1. The molecule has 3 unspecified atom stereocenters. The smallest absolute Gasteiger partial charge is 0.323 e. The van der Waals surface area contributed by atoms with Gasteiger partial charge in [-0.1, -0.05) is 32.0 Å². The molecule has 0 aliphatic carbocycles. The first-order valence-electron chi connectivity index (χ1n) is 6.75. The molecule has 19 heavy (non-hydrogen) atoms. The van der Waals surface area contributed by atoms with Crippen LogP contribution in [0.25, 0.3) is 0 Å². The van der Waals surface area contributed by atoms with E-state index < -0.39 is 11.5 Å². The maximum Gasteiger partial charge on any atom is 0.323 e. The van der Waals surface area contributed by atoms with Crippen LogP contribution in [0, 0.1) is 19.8 Å². The molecule has 3 heteroatoms. The number of benzene rings is 1. The van der Waals surface area contributed by atoms with Gasteiger partial charge in [0.2, 0.25) is 0 Å². The molecule has 1 aromatic carbocycles. The SMILES string of the molecule is Cc1cccc(C(C)C(C)CC(C)(N)C(=O)O)c1C. The summed E-state index contributed by atoms with van der Waals surface area (Å²) in [4.78, 5) is 11.1. The molecule has 0 spiro atoms. The zero-order chi connectivity index (χ0) is 14.8. The fourth-order valence-electron chi connectivity index (χ4n) is 2.51. The van der Waals surface area contributed by atoms with E-state index in [4.69, 9.17) is 10.8 Å². The lowest BCUT2D eigenvalue weighted by atomic mass is 9.79. The van der Waals surface area contributed by atoms with E-state index in [-0.39, 0.29) is 5.92 Å². The number of aryl methyl sites for hydroxylation is 1. The Labute approximate surface area is 115 Å². The topological polar surface area (TPSA) is 63.3 Å². The number of aliphatic carboxylic acids is 1. The van der Waals surface area contributed by atoms with Crippen molar-refractivity contribution in [2.45, 2.75) is 52.5 Å². The van der Waals surface area contributed by atoms with E-state index >= 15 is 0 Å². The summed E-state index contributed by atoms with van der Waals surface area (Å²) in [6.45, 7) is 10.0. The lowest BCUT2D eigenvalue weighted by Gasteiger charge is -2.28. The molecule has 0 saturated carbocycles. The molecule has 3 N–H and O–H groups in total. The van der Waals surface area contributed by atoms with Crippen LogP contribution < -0.4 is 5.73 Å². The van der Waals surface area contributed by atoms with Gasteiger partial charge in [0, 0.05) is 0 Å². The van der Waals surface area contributed by atoms with E-state index in [0.717, 1.165) is 0 Å². The zero-order valence-corrected chi connectivity index (χ0v) is 12.5. The summed E-state index contributed by atoms with van der Waals surface area (Å²) in [7, 11) is 0. The van der Waals surface area contributed by atoms with Crippen LogP contribution in [0.5, 0.6) is 0 Å². The molecule has 0 heterocycles. The molecule has 3 nitrogen and oxygen atoms in total. The number of hydrogen-bond donors (Lipinski definition) is 2. The van der Waals surface area contributed by atoms with Crippen molar-refractivity contribution in [3.05, 3.63) is 34.9 Å². The number of hydrogen-bond acceptors (Lipinski definition) is 2. The first kappa shape index (κ1) is 15.7. The Morgan fingerprint density at radius 2 is 1.95 bits per heavy atom. The summed E-state index contributed by atoms with van der Waals surface area (Å²) >= 11 is 0. The molecule has 0 amide bonds. The monoisotopic (exact) mass is 263 g/mol. The molecule has 106 valence electrons. The third-order valence-electron chi connectivity index (χ3n) is 4.23. The van der Waals surface area contributed by atoms with Crippen molar-refractivity contribution in [1.29, 1.82) is 0 Å². The number of nitrogens with two attached hydrogens (primary N) is 1. The highest BCUT2D eigenvalue weighted by molar-refractivity contribution is 5.77. The summed E-state index contributed by atoms with van der Waals surface area (Å²) in [6.07, 6.45) is 0.469. The Kier molecular flexibility index (Phi) is 4.75. The standard InChI is InChI=1S/C16H25NO2/c1-10-7-6-8-14(12(10)3)13(4)11(2)9-16(5,17)15(18)19/h6-8,11,13H,9,17H2,1-5H3,(H,18,19). The second-order valence-electron chi connectivity index (χ2n) is 5.98. The van der Waals surface area contributed by atoms with Crippen molar-refractivity contribution in [1.82, 2.24) is 0 Å². The molecule has 1 aromatic rings. The number of carbonyl (C=O) groups is 1. The molecule has 0 aromatic heterocycles. The fraction of sp³-hybridized carbons (Fsp3) is 0.562. The number of carboxylic acids is 1. The molecular formula is C16H25NO2. The van der Waals surface area contributed by atoms with Gasteiger partial charge in [0.15, 0.2) is 0 Å².